The molecule has 0 aliphatic carbocycles. The minimum Gasteiger partial charge on any atom is -0.497 e. The van der Waals surface area contributed by atoms with Gasteiger partial charge in [-0.3, -0.25) is 4.79 Å². The van der Waals surface area contributed by atoms with Crippen molar-refractivity contribution in [3.63, 3.8) is 0 Å². The van der Waals surface area contributed by atoms with Gasteiger partial charge in [0, 0.05) is 19.3 Å². The summed E-state index contributed by atoms with van der Waals surface area (Å²) in [5.74, 6) is 0.792. The van der Waals surface area contributed by atoms with Gasteiger partial charge in [-0.25, -0.2) is 0 Å². The lowest BCUT2D eigenvalue weighted by molar-refractivity contribution is -0.122. The van der Waals surface area contributed by atoms with Crippen molar-refractivity contribution in [2.45, 2.75) is 13.8 Å². The Morgan fingerprint density at radius 2 is 1.83 bits per heavy atom. The molecule has 0 atom stereocenters. The summed E-state index contributed by atoms with van der Waals surface area (Å²) in [5, 5.41) is 0. The van der Waals surface area contributed by atoms with Gasteiger partial charge < -0.3 is 9.64 Å². The Kier molecular flexibility index (Phi) is 5.18. The maximum absolute atomic E-state index is 11.7. The molecule has 0 unspecified atom stereocenters. The molecule has 1 aromatic carbocycles. The Bertz CT molecular complexity index is 454. The van der Waals surface area contributed by atoms with Crippen molar-refractivity contribution in [3.8, 4) is 5.75 Å². The SMILES string of the molecule is COc1ccc(C=CN(C)C(=O)C=C(C)C)cc1. The lowest BCUT2D eigenvalue weighted by Crippen LogP contribution is -2.18. The normalized spacial score (nSPS) is 10.2. The number of likely N-dealkylation sites (N-methyl/N-ethyl adjacent to an activating group) is 1. The molecule has 0 aliphatic rings. The topological polar surface area (TPSA) is 29.5 Å². The summed E-state index contributed by atoms with van der Waals surface area (Å²) in [4.78, 5) is 13.2. The highest BCUT2D eigenvalue weighted by atomic mass is 16.5. The Morgan fingerprint density at radius 1 is 1.22 bits per heavy atom. The molecule has 1 rings (SSSR count). The number of ether oxygens (including phenoxy) is 1. The molecule has 0 fully saturated rings. The highest BCUT2D eigenvalue weighted by Crippen LogP contribution is 2.12. The van der Waals surface area contributed by atoms with E-state index in [1.807, 2.05) is 44.2 Å². The van der Waals surface area contributed by atoms with Crippen LogP contribution in [0.5, 0.6) is 5.75 Å². The van der Waals surface area contributed by atoms with Crippen LogP contribution >= 0.6 is 0 Å². The number of allylic oxidation sites excluding steroid dienone is 1. The van der Waals surface area contributed by atoms with Gasteiger partial charge >= 0.3 is 0 Å². The van der Waals surface area contributed by atoms with Gasteiger partial charge in [-0.1, -0.05) is 17.7 Å². The molecule has 0 N–H and O–H groups in total. The van der Waals surface area contributed by atoms with E-state index in [1.165, 1.54) is 0 Å². The Balaban J connectivity index is 2.68. The van der Waals surface area contributed by atoms with Crippen LogP contribution in [0.1, 0.15) is 19.4 Å². The smallest absolute Gasteiger partial charge is 0.250 e. The third-order valence-electron chi connectivity index (χ3n) is 2.37. The molecule has 0 heterocycles. The maximum Gasteiger partial charge on any atom is 0.250 e. The summed E-state index contributed by atoms with van der Waals surface area (Å²) in [7, 11) is 3.37. The molecule has 18 heavy (non-hydrogen) atoms. The maximum atomic E-state index is 11.7. The van der Waals surface area contributed by atoms with Crippen LogP contribution in [0.25, 0.3) is 6.08 Å². The molecule has 0 saturated heterocycles. The molecule has 3 heteroatoms. The van der Waals surface area contributed by atoms with Crippen LogP contribution in [-0.2, 0) is 4.79 Å². The number of amides is 1. The number of nitrogens with zero attached hydrogens (tertiary/aromatic N) is 1. The van der Waals surface area contributed by atoms with E-state index >= 15 is 0 Å². The summed E-state index contributed by atoms with van der Waals surface area (Å²) in [6.07, 6.45) is 5.25. The standard InChI is InChI=1S/C15H19NO2/c1-12(2)11-15(17)16(3)10-9-13-5-7-14(18-4)8-6-13/h5-11H,1-4H3. The van der Waals surface area contributed by atoms with E-state index in [0.717, 1.165) is 16.9 Å². The van der Waals surface area contributed by atoms with Gasteiger partial charge in [-0.15, -0.1) is 0 Å². The number of rotatable bonds is 4. The number of carbonyl (C=O) groups is 1. The van der Waals surface area contributed by atoms with Gasteiger partial charge in [0.15, 0.2) is 0 Å². The van der Waals surface area contributed by atoms with Gasteiger partial charge in [0.2, 0.25) is 5.91 Å². The molecular weight excluding hydrogens is 226 g/mol. The Labute approximate surface area is 108 Å². The second-order valence-corrected chi connectivity index (χ2v) is 4.26. The third kappa shape index (κ3) is 4.45. The fourth-order valence-corrected chi connectivity index (χ4v) is 1.34. The Hall–Kier alpha value is -2.03. The quantitative estimate of drug-likeness (QED) is 0.763. The summed E-state index contributed by atoms with van der Waals surface area (Å²) < 4.78 is 5.08. The molecule has 0 bridgehead atoms. The van der Waals surface area contributed by atoms with Gasteiger partial charge in [0.25, 0.3) is 0 Å². The van der Waals surface area contributed by atoms with Gasteiger partial charge in [-0.05, 0) is 37.6 Å². The number of benzene rings is 1. The van der Waals surface area contributed by atoms with Crippen LogP contribution in [0, 0.1) is 0 Å². The lowest BCUT2D eigenvalue weighted by atomic mass is 10.2. The van der Waals surface area contributed by atoms with Gasteiger partial charge in [0.05, 0.1) is 7.11 Å². The first-order valence-corrected chi connectivity index (χ1v) is 5.77. The van der Waals surface area contributed by atoms with E-state index in [0.29, 0.717) is 0 Å². The molecule has 96 valence electrons. The zero-order chi connectivity index (χ0) is 13.5. The van der Waals surface area contributed by atoms with Crippen LogP contribution in [0.15, 0.2) is 42.1 Å². The van der Waals surface area contributed by atoms with Crippen molar-refractivity contribution in [1.29, 1.82) is 0 Å². The lowest BCUT2D eigenvalue weighted by Gasteiger charge is -2.09. The van der Waals surface area contributed by atoms with Crippen LogP contribution in [0.4, 0.5) is 0 Å². The van der Waals surface area contributed by atoms with Crippen LogP contribution in [0.3, 0.4) is 0 Å². The van der Waals surface area contributed by atoms with E-state index in [9.17, 15) is 4.79 Å². The average Bonchev–Trinajstić information content (AvgIpc) is 2.35. The third-order valence-corrected chi connectivity index (χ3v) is 2.37. The first kappa shape index (κ1) is 14.0. The zero-order valence-corrected chi connectivity index (χ0v) is 11.3. The van der Waals surface area contributed by atoms with Crippen LogP contribution in [0.2, 0.25) is 0 Å². The highest BCUT2D eigenvalue weighted by molar-refractivity contribution is 5.89. The van der Waals surface area contributed by atoms with E-state index in [2.05, 4.69) is 0 Å². The van der Waals surface area contributed by atoms with Gasteiger partial charge in [-0.2, -0.15) is 0 Å². The molecule has 0 saturated carbocycles. The number of methoxy groups -OCH3 is 1. The molecule has 0 aromatic heterocycles. The summed E-state index contributed by atoms with van der Waals surface area (Å²) >= 11 is 0. The molecule has 0 spiro atoms. The summed E-state index contributed by atoms with van der Waals surface area (Å²) in [5.41, 5.74) is 2.01. The summed E-state index contributed by atoms with van der Waals surface area (Å²) in [6, 6.07) is 7.65. The molecule has 1 aromatic rings. The number of carbonyl (C=O) groups excluding carboxylic acids is 1. The minimum absolute atomic E-state index is 0.0280. The molecule has 0 radical (unpaired) electrons. The second kappa shape index (κ2) is 6.64. The van der Waals surface area contributed by atoms with Crippen molar-refractivity contribution in [2.75, 3.05) is 14.2 Å². The average molecular weight is 245 g/mol. The molecule has 0 aliphatic heterocycles. The minimum atomic E-state index is -0.0280. The first-order valence-electron chi connectivity index (χ1n) is 5.77. The molecule has 3 nitrogen and oxygen atoms in total. The Morgan fingerprint density at radius 3 is 2.33 bits per heavy atom. The fraction of sp³-hybridized carbons (Fsp3) is 0.267. The van der Waals surface area contributed by atoms with Crippen LogP contribution < -0.4 is 4.74 Å². The highest BCUT2D eigenvalue weighted by Gasteiger charge is 2.00. The van der Waals surface area contributed by atoms with E-state index in [1.54, 1.807) is 31.3 Å². The van der Waals surface area contributed by atoms with Crippen molar-refractivity contribution < 1.29 is 9.53 Å². The second-order valence-electron chi connectivity index (χ2n) is 4.26. The molecular formula is C15H19NO2. The van der Waals surface area contributed by atoms with Crippen LogP contribution in [-0.4, -0.2) is 25.0 Å². The fourth-order valence-electron chi connectivity index (χ4n) is 1.34. The van der Waals surface area contributed by atoms with E-state index in [4.69, 9.17) is 4.74 Å². The monoisotopic (exact) mass is 245 g/mol. The van der Waals surface area contributed by atoms with E-state index in [-0.39, 0.29) is 5.91 Å². The predicted octanol–water partition coefficient (Wildman–Crippen LogP) is 3.09. The van der Waals surface area contributed by atoms with Gasteiger partial charge in [0.1, 0.15) is 5.75 Å². The number of hydrogen-bond donors (Lipinski definition) is 0. The van der Waals surface area contributed by atoms with Crippen molar-refractivity contribution in [2.24, 2.45) is 0 Å². The zero-order valence-electron chi connectivity index (χ0n) is 11.3. The summed E-state index contributed by atoms with van der Waals surface area (Å²) in [6.45, 7) is 3.80. The van der Waals surface area contributed by atoms with E-state index < -0.39 is 0 Å². The first-order chi connectivity index (χ1) is 8.52. The number of hydrogen-bond acceptors (Lipinski definition) is 2. The van der Waals surface area contributed by atoms with Crippen molar-refractivity contribution in [1.82, 2.24) is 4.90 Å². The largest absolute Gasteiger partial charge is 0.497 e. The van der Waals surface area contributed by atoms with Crippen molar-refractivity contribution >= 4 is 12.0 Å². The molecule has 1 amide bonds. The van der Waals surface area contributed by atoms with Crippen molar-refractivity contribution in [3.05, 3.63) is 47.7 Å². The predicted molar refractivity (Wildman–Crippen MR) is 74.2 cm³/mol.